The lowest BCUT2D eigenvalue weighted by Gasteiger charge is -2.20. The molecule has 0 fully saturated rings. The monoisotopic (exact) mass is 279 g/mol. The summed E-state index contributed by atoms with van der Waals surface area (Å²) in [6.45, 7) is 3.78. The molecular weight excluding hydrogens is 258 g/mol. The van der Waals surface area contributed by atoms with Crippen molar-refractivity contribution in [2.24, 2.45) is 0 Å². The average Bonchev–Trinajstić information content (AvgIpc) is 2.47. The van der Waals surface area contributed by atoms with Crippen LogP contribution in [0.1, 0.15) is 29.4 Å². The van der Waals surface area contributed by atoms with Gasteiger partial charge >= 0.3 is 5.97 Å². The largest absolute Gasteiger partial charge is 0.465 e. The van der Waals surface area contributed by atoms with E-state index in [1.165, 1.54) is 13.3 Å². The van der Waals surface area contributed by atoms with Crippen LogP contribution in [0, 0.1) is 0 Å². The van der Waals surface area contributed by atoms with Crippen LogP contribution in [0.5, 0.6) is 0 Å². The van der Waals surface area contributed by atoms with Gasteiger partial charge in [0.05, 0.1) is 24.9 Å². The minimum atomic E-state index is -0.403. The Labute approximate surface area is 119 Å². The SMILES string of the molecule is CCCN(CC(=O)NC)Cc1ccc(C(=O)OC)cn1. The predicted octanol–water partition coefficient (Wildman–Crippen LogP) is 0.826. The van der Waals surface area contributed by atoms with E-state index in [0.29, 0.717) is 18.7 Å². The van der Waals surface area contributed by atoms with Crippen LogP contribution in [-0.4, -0.2) is 49.0 Å². The molecule has 0 aliphatic heterocycles. The second-order valence-corrected chi connectivity index (χ2v) is 4.41. The van der Waals surface area contributed by atoms with E-state index < -0.39 is 5.97 Å². The molecule has 1 rings (SSSR count). The van der Waals surface area contributed by atoms with Crippen LogP contribution in [0.2, 0.25) is 0 Å². The van der Waals surface area contributed by atoms with Gasteiger partial charge in [-0.25, -0.2) is 4.79 Å². The van der Waals surface area contributed by atoms with Gasteiger partial charge in [-0.15, -0.1) is 0 Å². The van der Waals surface area contributed by atoms with Crippen molar-refractivity contribution in [2.45, 2.75) is 19.9 Å². The zero-order valence-corrected chi connectivity index (χ0v) is 12.2. The number of esters is 1. The summed E-state index contributed by atoms with van der Waals surface area (Å²) in [4.78, 5) is 29.0. The van der Waals surface area contributed by atoms with E-state index in [4.69, 9.17) is 0 Å². The summed E-state index contributed by atoms with van der Waals surface area (Å²) in [6, 6.07) is 3.46. The number of likely N-dealkylation sites (N-methyl/N-ethyl adjacent to an activating group) is 1. The fourth-order valence-corrected chi connectivity index (χ4v) is 1.80. The summed E-state index contributed by atoms with van der Waals surface area (Å²) >= 11 is 0. The third-order valence-corrected chi connectivity index (χ3v) is 2.82. The molecule has 6 nitrogen and oxygen atoms in total. The highest BCUT2D eigenvalue weighted by atomic mass is 16.5. The molecule has 1 aromatic rings. The van der Waals surface area contributed by atoms with Crippen LogP contribution in [0.15, 0.2) is 18.3 Å². The topological polar surface area (TPSA) is 71.5 Å². The summed E-state index contributed by atoms with van der Waals surface area (Å²) in [7, 11) is 2.96. The Kier molecular flexibility index (Phi) is 6.66. The van der Waals surface area contributed by atoms with Crippen LogP contribution < -0.4 is 5.32 Å². The van der Waals surface area contributed by atoms with Gasteiger partial charge in [-0.2, -0.15) is 0 Å². The molecule has 0 aliphatic rings. The van der Waals surface area contributed by atoms with Crippen molar-refractivity contribution in [3.63, 3.8) is 0 Å². The molecule has 0 unspecified atom stereocenters. The van der Waals surface area contributed by atoms with Crippen molar-refractivity contribution < 1.29 is 14.3 Å². The van der Waals surface area contributed by atoms with Crippen molar-refractivity contribution >= 4 is 11.9 Å². The van der Waals surface area contributed by atoms with E-state index in [0.717, 1.165) is 18.7 Å². The van der Waals surface area contributed by atoms with Gasteiger partial charge in [0.25, 0.3) is 0 Å². The maximum absolute atomic E-state index is 11.4. The van der Waals surface area contributed by atoms with Gasteiger partial charge in [0.2, 0.25) is 5.91 Å². The normalized spacial score (nSPS) is 10.4. The van der Waals surface area contributed by atoms with Gasteiger partial charge in [0, 0.05) is 19.8 Å². The molecule has 1 N–H and O–H groups in total. The Balaban J connectivity index is 2.68. The Morgan fingerprint density at radius 1 is 1.40 bits per heavy atom. The molecule has 0 bridgehead atoms. The number of carbonyl (C=O) groups is 2. The highest BCUT2D eigenvalue weighted by Gasteiger charge is 2.11. The lowest BCUT2D eigenvalue weighted by Crippen LogP contribution is -2.35. The number of carbonyl (C=O) groups excluding carboxylic acids is 2. The number of nitrogens with one attached hydrogen (secondary N) is 1. The molecule has 6 heteroatoms. The molecule has 0 atom stereocenters. The van der Waals surface area contributed by atoms with E-state index in [9.17, 15) is 9.59 Å². The molecule has 0 spiro atoms. The summed E-state index contributed by atoms with van der Waals surface area (Å²) in [5.74, 6) is -0.426. The van der Waals surface area contributed by atoms with Crippen molar-refractivity contribution in [1.82, 2.24) is 15.2 Å². The lowest BCUT2D eigenvalue weighted by atomic mass is 10.2. The quantitative estimate of drug-likeness (QED) is 0.748. The van der Waals surface area contributed by atoms with Crippen LogP contribution in [0.4, 0.5) is 0 Å². The minimum absolute atomic E-state index is 0.0235. The van der Waals surface area contributed by atoms with E-state index >= 15 is 0 Å². The Bertz CT molecular complexity index is 445. The molecule has 1 aromatic heterocycles. The summed E-state index contributed by atoms with van der Waals surface area (Å²) in [6.07, 6.45) is 2.45. The van der Waals surface area contributed by atoms with Gasteiger partial charge in [-0.1, -0.05) is 6.92 Å². The highest BCUT2D eigenvalue weighted by Crippen LogP contribution is 2.06. The standard InChI is InChI=1S/C14H21N3O3/c1-4-7-17(10-13(18)15-2)9-12-6-5-11(8-16-12)14(19)20-3/h5-6,8H,4,7,9-10H2,1-3H3,(H,15,18). The molecule has 20 heavy (non-hydrogen) atoms. The summed E-state index contributed by atoms with van der Waals surface area (Å²) < 4.78 is 4.62. The van der Waals surface area contributed by atoms with Crippen LogP contribution in [0.25, 0.3) is 0 Å². The van der Waals surface area contributed by atoms with E-state index in [1.54, 1.807) is 19.2 Å². The molecule has 0 aliphatic carbocycles. The highest BCUT2D eigenvalue weighted by molar-refractivity contribution is 5.88. The van der Waals surface area contributed by atoms with E-state index in [-0.39, 0.29) is 5.91 Å². The summed E-state index contributed by atoms with van der Waals surface area (Å²) in [5.41, 5.74) is 1.24. The average molecular weight is 279 g/mol. The Morgan fingerprint density at radius 3 is 2.65 bits per heavy atom. The first-order valence-electron chi connectivity index (χ1n) is 6.56. The molecular formula is C14H21N3O3. The predicted molar refractivity (Wildman–Crippen MR) is 75.2 cm³/mol. The zero-order chi connectivity index (χ0) is 15.0. The third kappa shape index (κ3) is 4.97. The van der Waals surface area contributed by atoms with Gasteiger partial charge in [-0.3, -0.25) is 14.7 Å². The van der Waals surface area contributed by atoms with E-state index in [2.05, 4.69) is 22.0 Å². The fraction of sp³-hybridized carbons (Fsp3) is 0.500. The molecule has 110 valence electrons. The zero-order valence-electron chi connectivity index (χ0n) is 12.2. The van der Waals surface area contributed by atoms with Gasteiger partial charge < -0.3 is 10.1 Å². The maximum Gasteiger partial charge on any atom is 0.339 e. The Hall–Kier alpha value is -1.95. The number of ether oxygens (including phenoxy) is 1. The molecule has 0 aromatic carbocycles. The van der Waals surface area contributed by atoms with Gasteiger partial charge in [-0.05, 0) is 25.1 Å². The second kappa shape index (κ2) is 8.27. The first kappa shape index (κ1) is 16.1. The molecule has 1 heterocycles. The van der Waals surface area contributed by atoms with Gasteiger partial charge in [0.1, 0.15) is 0 Å². The van der Waals surface area contributed by atoms with Crippen molar-refractivity contribution in [2.75, 3.05) is 27.2 Å². The third-order valence-electron chi connectivity index (χ3n) is 2.82. The van der Waals surface area contributed by atoms with Crippen molar-refractivity contribution in [1.29, 1.82) is 0 Å². The number of methoxy groups -OCH3 is 1. The number of pyridine rings is 1. The summed E-state index contributed by atoms with van der Waals surface area (Å²) in [5, 5.41) is 2.61. The smallest absolute Gasteiger partial charge is 0.339 e. The number of hydrogen-bond acceptors (Lipinski definition) is 5. The fourth-order valence-electron chi connectivity index (χ4n) is 1.80. The second-order valence-electron chi connectivity index (χ2n) is 4.41. The lowest BCUT2D eigenvalue weighted by molar-refractivity contribution is -0.121. The van der Waals surface area contributed by atoms with Crippen molar-refractivity contribution in [3.8, 4) is 0 Å². The maximum atomic E-state index is 11.4. The van der Waals surface area contributed by atoms with Gasteiger partial charge in [0.15, 0.2) is 0 Å². The molecule has 0 saturated carbocycles. The molecule has 0 saturated heterocycles. The first-order chi connectivity index (χ1) is 9.60. The number of amides is 1. The van der Waals surface area contributed by atoms with Crippen LogP contribution in [-0.2, 0) is 16.1 Å². The van der Waals surface area contributed by atoms with Crippen LogP contribution >= 0.6 is 0 Å². The number of rotatable bonds is 7. The number of nitrogens with zero attached hydrogens (tertiary/aromatic N) is 2. The molecule has 0 radical (unpaired) electrons. The Morgan fingerprint density at radius 2 is 2.15 bits per heavy atom. The number of hydrogen-bond donors (Lipinski definition) is 1. The van der Waals surface area contributed by atoms with Crippen LogP contribution in [0.3, 0.4) is 0 Å². The van der Waals surface area contributed by atoms with E-state index in [1.807, 2.05) is 4.90 Å². The number of aromatic nitrogens is 1. The van der Waals surface area contributed by atoms with Crippen molar-refractivity contribution in [3.05, 3.63) is 29.6 Å². The minimum Gasteiger partial charge on any atom is -0.465 e. The molecule has 1 amide bonds. The first-order valence-corrected chi connectivity index (χ1v) is 6.56.